The van der Waals surface area contributed by atoms with Crippen LogP contribution < -0.4 is 11.3 Å². The molecule has 5 heteroatoms. The predicted molar refractivity (Wildman–Crippen MR) is 82.0 cm³/mol. The van der Waals surface area contributed by atoms with Gasteiger partial charge >= 0.3 is 0 Å². The number of fused-ring (bicyclic) bond motifs is 1. The molecule has 1 unspecified atom stereocenters. The first-order valence-electron chi connectivity index (χ1n) is 6.56. The summed E-state index contributed by atoms with van der Waals surface area (Å²) in [6.07, 6.45) is 0.429. The molecule has 0 aliphatic carbocycles. The van der Waals surface area contributed by atoms with Crippen molar-refractivity contribution < 1.29 is 8.78 Å². The average Bonchev–Trinajstić information content (AvgIpc) is 2.89. The van der Waals surface area contributed by atoms with Crippen molar-refractivity contribution in [2.75, 3.05) is 0 Å². The third-order valence-corrected chi connectivity index (χ3v) is 4.55. The Labute approximate surface area is 125 Å². The Morgan fingerprint density at radius 1 is 1.05 bits per heavy atom. The molecule has 21 heavy (non-hydrogen) atoms. The molecule has 0 saturated heterocycles. The van der Waals surface area contributed by atoms with Gasteiger partial charge in [0.1, 0.15) is 11.6 Å². The van der Waals surface area contributed by atoms with Crippen LogP contribution >= 0.6 is 11.3 Å². The van der Waals surface area contributed by atoms with Crippen LogP contribution in [-0.2, 0) is 6.42 Å². The van der Waals surface area contributed by atoms with E-state index in [-0.39, 0.29) is 5.56 Å². The minimum absolute atomic E-state index is 0.0183. The maximum atomic E-state index is 13.9. The van der Waals surface area contributed by atoms with Crippen LogP contribution in [0.4, 0.5) is 8.78 Å². The van der Waals surface area contributed by atoms with Crippen LogP contribution in [0.3, 0.4) is 0 Å². The number of halogens is 2. The molecular formula is C16H14F2N2S. The number of nitrogens with one attached hydrogen (secondary N) is 1. The Morgan fingerprint density at radius 3 is 2.48 bits per heavy atom. The quantitative estimate of drug-likeness (QED) is 0.566. The normalized spacial score (nSPS) is 12.7. The van der Waals surface area contributed by atoms with Crippen molar-refractivity contribution in [1.29, 1.82) is 0 Å². The van der Waals surface area contributed by atoms with Crippen LogP contribution in [0.15, 0.2) is 47.8 Å². The van der Waals surface area contributed by atoms with Crippen molar-refractivity contribution in [1.82, 2.24) is 5.43 Å². The second kappa shape index (κ2) is 5.89. The van der Waals surface area contributed by atoms with Crippen molar-refractivity contribution in [3.8, 4) is 0 Å². The molecule has 1 aromatic heterocycles. The molecule has 0 aliphatic heterocycles. The van der Waals surface area contributed by atoms with E-state index in [2.05, 4.69) is 5.43 Å². The highest BCUT2D eigenvalue weighted by Gasteiger charge is 2.20. The molecule has 0 amide bonds. The van der Waals surface area contributed by atoms with E-state index in [1.54, 1.807) is 11.3 Å². The predicted octanol–water partition coefficient (Wildman–Crippen LogP) is 3.93. The maximum Gasteiger partial charge on any atom is 0.130 e. The van der Waals surface area contributed by atoms with Gasteiger partial charge in [0.05, 0.1) is 6.04 Å². The molecule has 3 N–H and O–H groups in total. The van der Waals surface area contributed by atoms with Gasteiger partial charge in [-0.3, -0.25) is 11.3 Å². The minimum atomic E-state index is -0.607. The molecule has 0 radical (unpaired) electrons. The lowest BCUT2D eigenvalue weighted by atomic mass is 9.98. The van der Waals surface area contributed by atoms with Crippen LogP contribution in [0.1, 0.15) is 17.2 Å². The molecule has 2 nitrogen and oxygen atoms in total. The van der Waals surface area contributed by atoms with Gasteiger partial charge in [-0.2, -0.15) is 0 Å². The second-order valence-electron chi connectivity index (χ2n) is 4.82. The van der Waals surface area contributed by atoms with Crippen molar-refractivity contribution in [2.45, 2.75) is 12.5 Å². The van der Waals surface area contributed by atoms with Gasteiger partial charge in [-0.15, -0.1) is 11.3 Å². The number of thiophene rings is 1. The molecule has 0 bridgehead atoms. The number of rotatable bonds is 4. The Kier molecular flexibility index (Phi) is 3.96. The summed E-state index contributed by atoms with van der Waals surface area (Å²) < 4.78 is 28.9. The minimum Gasteiger partial charge on any atom is -0.271 e. The zero-order chi connectivity index (χ0) is 14.8. The van der Waals surface area contributed by atoms with Gasteiger partial charge in [0.25, 0.3) is 0 Å². The van der Waals surface area contributed by atoms with Gasteiger partial charge < -0.3 is 0 Å². The Hall–Kier alpha value is -1.82. The number of benzene rings is 2. The highest BCUT2D eigenvalue weighted by atomic mass is 32.1. The summed E-state index contributed by atoms with van der Waals surface area (Å²) in [6.45, 7) is 0. The first kappa shape index (κ1) is 14.1. The summed E-state index contributed by atoms with van der Waals surface area (Å²) in [5.41, 5.74) is 3.54. The molecule has 3 rings (SSSR count). The summed E-state index contributed by atoms with van der Waals surface area (Å²) in [6, 6.07) is 11.2. The first-order valence-corrected chi connectivity index (χ1v) is 7.44. The largest absolute Gasteiger partial charge is 0.271 e. The van der Waals surface area contributed by atoms with E-state index in [4.69, 9.17) is 5.84 Å². The van der Waals surface area contributed by atoms with E-state index >= 15 is 0 Å². The van der Waals surface area contributed by atoms with Gasteiger partial charge in [0, 0.05) is 10.3 Å². The molecule has 0 spiro atoms. The number of nitrogens with two attached hydrogens (primary N) is 1. The van der Waals surface area contributed by atoms with E-state index in [0.29, 0.717) is 6.42 Å². The average molecular weight is 304 g/mol. The van der Waals surface area contributed by atoms with Crippen molar-refractivity contribution in [2.24, 2.45) is 5.84 Å². The highest BCUT2D eigenvalue weighted by molar-refractivity contribution is 7.17. The Bertz CT molecular complexity index is 750. The number of hydrogen-bond donors (Lipinski definition) is 2. The molecule has 1 heterocycles. The summed E-state index contributed by atoms with van der Waals surface area (Å²) in [5, 5.41) is 3.10. The fraction of sp³-hybridized carbons (Fsp3) is 0.125. The first-order chi connectivity index (χ1) is 10.2. The zero-order valence-electron chi connectivity index (χ0n) is 11.1. The van der Waals surface area contributed by atoms with Gasteiger partial charge in [0.2, 0.25) is 0 Å². The van der Waals surface area contributed by atoms with Crippen molar-refractivity contribution in [3.63, 3.8) is 0 Å². The molecular weight excluding hydrogens is 290 g/mol. The molecule has 1 atom stereocenters. The molecule has 3 aromatic rings. The third-order valence-electron chi connectivity index (χ3n) is 3.53. The second-order valence-corrected chi connectivity index (χ2v) is 5.73. The van der Waals surface area contributed by atoms with Crippen molar-refractivity contribution >= 4 is 21.4 Å². The lowest BCUT2D eigenvalue weighted by Gasteiger charge is -2.17. The molecule has 0 fully saturated rings. The molecule has 2 aromatic carbocycles. The topological polar surface area (TPSA) is 38.0 Å². The van der Waals surface area contributed by atoms with Gasteiger partial charge in [-0.25, -0.2) is 8.78 Å². The monoisotopic (exact) mass is 304 g/mol. The zero-order valence-corrected chi connectivity index (χ0v) is 12.0. The van der Waals surface area contributed by atoms with Crippen molar-refractivity contribution in [3.05, 3.63) is 70.6 Å². The SMILES string of the molecule is NNC(Cc1csc2ccccc12)c1c(F)cccc1F. The van der Waals surface area contributed by atoms with E-state index in [1.807, 2.05) is 29.6 Å². The number of hydrogen-bond acceptors (Lipinski definition) is 3. The van der Waals surface area contributed by atoms with Crippen LogP contribution in [0.2, 0.25) is 0 Å². The number of hydrazine groups is 1. The van der Waals surface area contributed by atoms with E-state index in [0.717, 1.165) is 15.6 Å². The van der Waals surface area contributed by atoms with Crippen LogP contribution in [-0.4, -0.2) is 0 Å². The summed E-state index contributed by atoms with van der Waals surface area (Å²) in [4.78, 5) is 0. The molecule has 108 valence electrons. The van der Waals surface area contributed by atoms with Gasteiger partial charge in [0.15, 0.2) is 0 Å². The van der Waals surface area contributed by atoms with E-state index in [1.165, 1.54) is 18.2 Å². The van der Waals surface area contributed by atoms with Crippen LogP contribution in [0.25, 0.3) is 10.1 Å². The Balaban J connectivity index is 1.98. The maximum absolute atomic E-state index is 13.9. The van der Waals surface area contributed by atoms with Crippen LogP contribution in [0, 0.1) is 11.6 Å². The lowest BCUT2D eigenvalue weighted by Crippen LogP contribution is -2.31. The van der Waals surface area contributed by atoms with Gasteiger partial charge in [-0.1, -0.05) is 24.3 Å². The fourth-order valence-corrected chi connectivity index (χ4v) is 3.47. The fourth-order valence-electron chi connectivity index (χ4n) is 2.50. The summed E-state index contributed by atoms with van der Waals surface area (Å²) >= 11 is 1.61. The Morgan fingerprint density at radius 2 is 1.76 bits per heavy atom. The van der Waals surface area contributed by atoms with E-state index < -0.39 is 17.7 Å². The summed E-state index contributed by atoms with van der Waals surface area (Å²) in [7, 11) is 0. The molecule has 0 saturated carbocycles. The summed E-state index contributed by atoms with van der Waals surface area (Å²) in [5.74, 6) is 4.35. The van der Waals surface area contributed by atoms with Crippen LogP contribution in [0.5, 0.6) is 0 Å². The lowest BCUT2D eigenvalue weighted by molar-refractivity contribution is 0.474. The highest BCUT2D eigenvalue weighted by Crippen LogP contribution is 2.30. The molecule has 0 aliphatic rings. The third kappa shape index (κ3) is 2.68. The van der Waals surface area contributed by atoms with Gasteiger partial charge in [-0.05, 0) is 40.9 Å². The smallest absolute Gasteiger partial charge is 0.130 e. The van der Waals surface area contributed by atoms with E-state index in [9.17, 15) is 8.78 Å². The standard InChI is InChI=1S/C16H14F2N2S/c17-12-5-3-6-13(18)16(12)14(20-19)8-10-9-21-15-7-2-1-4-11(10)15/h1-7,9,14,20H,8,19H2.